The van der Waals surface area contributed by atoms with Gasteiger partial charge < -0.3 is 9.64 Å². The number of hydrogen-bond donors (Lipinski definition) is 0. The number of rotatable bonds is 5. The second-order valence-electron chi connectivity index (χ2n) is 6.72. The predicted octanol–water partition coefficient (Wildman–Crippen LogP) is 3.30. The van der Waals surface area contributed by atoms with E-state index in [1.807, 2.05) is 0 Å². The molecule has 3 unspecified atom stereocenters. The summed E-state index contributed by atoms with van der Waals surface area (Å²) in [6.45, 7) is 2.42. The van der Waals surface area contributed by atoms with E-state index in [0.717, 1.165) is 32.5 Å². The van der Waals surface area contributed by atoms with Gasteiger partial charge in [-0.1, -0.05) is 12.5 Å². The Bertz CT molecular complexity index is 485. The van der Waals surface area contributed by atoms with Crippen LogP contribution in [-0.2, 0) is 16.1 Å². The molecule has 3 nitrogen and oxygen atoms in total. The molecule has 2 heterocycles. The maximum atomic E-state index is 12.9. The standard InChI is InChI=1S/C17H23NO2S/c19-17(16-14-6-1-7-15(14)16)18(10-12-4-2-8-20-12)11-13-5-3-9-21-13/h3,5,9,12,14-16H,1-2,4,6-8,10-11H2. The van der Waals surface area contributed by atoms with E-state index in [2.05, 4.69) is 22.4 Å². The van der Waals surface area contributed by atoms with Crippen molar-refractivity contribution in [1.29, 1.82) is 0 Å². The van der Waals surface area contributed by atoms with E-state index in [1.165, 1.54) is 24.1 Å². The Balaban J connectivity index is 1.44. The summed E-state index contributed by atoms with van der Waals surface area (Å²) in [5, 5.41) is 2.09. The lowest BCUT2D eigenvalue weighted by atomic mass is 10.1. The summed E-state index contributed by atoms with van der Waals surface area (Å²) in [6, 6.07) is 4.20. The van der Waals surface area contributed by atoms with Gasteiger partial charge in [0.2, 0.25) is 5.91 Å². The lowest BCUT2D eigenvalue weighted by Crippen LogP contribution is -2.38. The summed E-state index contributed by atoms with van der Waals surface area (Å²) in [5.41, 5.74) is 0. The molecule has 114 valence electrons. The smallest absolute Gasteiger partial charge is 0.226 e. The van der Waals surface area contributed by atoms with Crippen LogP contribution in [0.25, 0.3) is 0 Å². The van der Waals surface area contributed by atoms with Crippen molar-refractivity contribution in [3.8, 4) is 0 Å². The Morgan fingerprint density at radius 3 is 2.81 bits per heavy atom. The van der Waals surface area contributed by atoms with Gasteiger partial charge in [-0.3, -0.25) is 4.79 Å². The molecular formula is C17H23NO2S. The van der Waals surface area contributed by atoms with Gasteiger partial charge in [0.1, 0.15) is 0 Å². The van der Waals surface area contributed by atoms with Crippen molar-refractivity contribution < 1.29 is 9.53 Å². The van der Waals surface area contributed by atoms with Crippen molar-refractivity contribution in [2.75, 3.05) is 13.2 Å². The molecule has 0 bridgehead atoms. The van der Waals surface area contributed by atoms with E-state index in [4.69, 9.17) is 4.74 Å². The number of fused-ring (bicyclic) bond motifs is 1. The van der Waals surface area contributed by atoms with E-state index < -0.39 is 0 Å². The lowest BCUT2D eigenvalue weighted by molar-refractivity contribution is -0.135. The first-order valence-corrected chi connectivity index (χ1v) is 9.13. The Morgan fingerprint density at radius 1 is 1.29 bits per heavy atom. The second-order valence-corrected chi connectivity index (χ2v) is 7.75. The Hall–Kier alpha value is -0.870. The van der Waals surface area contributed by atoms with E-state index in [1.54, 1.807) is 11.3 Å². The second kappa shape index (κ2) is 5.73. The van der Waals surface area contributed by atoms with Crippen LogP contribution in [0.2, 0.25) is 0 Å². The Labute approximate surface area is 130 Å². The SMILES string of the molecule is O=C(C1C2CCCC21)N(Cc1cccs1)CC1CCCO1. The zero-order chi connectivity index (χ0) is 14.2. The Kier molecular flexibility index (Phi) is 3.76. The molecule has 0 spiro atoms. The van der Waals surface area contributed by atoms with Crippen LogP contribution in [0.3, 0.4) is 0 Å². The van der Waals surface area contributed by atoms with Crippen LogP contribution >= 0.6 is 11.3 Å². The van der Waals surface area contributed by atoms with Crippen molar-refractivity contribution in [2.24, 2.45) is 17.8 Å². The van der Waals surface area contributed by atoms with E-state index in [-0.39, 0.29) is 6.10 Å². The minimum atomic E-state index is 0.257. The molecule has 2 saturated carbocycles. The quantitative estimate of drug-likeness (QED) is 0.835. The third-order valence-corrected chi connectivity index (χ3v) is 6.24. The van der Waals surface area contributed by atoms with Crippen molar-refractivity contribution in [3.63, 3.8) is 0 Å². The van der Waals surface area contributed by atoms with Gasteiger partial charge in [0.15, 0.2) is 0 Å². The van der Waals surface area contributed by atoms with Crippen molar-refractivity contribution in [3.05, 3.63) is 22.4 Å². The summed E-state index contributed by atoms with van der Waals surface area (Å²) in [6.07, 6.45) is 6.37. The number of hydrogen-bond acceptors (Lipinski definition) is 3. The fraction of sp³-hybridized carbons (Fsp3) is 0.706. The molecule has 0 N–H and O–H groups in total. The number of carbonyl (C=O) groups excluding carboxylic acids is 1. The molecule has 0 aromatic carbocycles. The first-order valence-electron chi connectivity index (χ1n) is 8.25. The molecule has 1 aliphatic heterocycles. The molecule has 4 heteroatoms. The van der Waals surface area contributed by atoms with Crippen LogP contribution in [0.5, 0.6) is 0 Å². The summed E-state index contributed by atoms with van der Waals surface area (Å²) in [4.78, 5) is 16.3. The average Bonchev–Trinajstić information content (AvgIpc) is 3.05. The molecule has 3 aliphatic rings. The van der Waals surface area contributed by atoms with Gasteiger partial charge >= 0.3 is 0 Å². The minimum Gasteiger partial charge on any atom is -0.376 e. The van der Waals surface area contributed by atoms with Crippen LogP contribution < -0.4 is 0 Å². The minimum absolute atomic E-state index is 0.257. The maximum Gasteiger partial charge on any atom is 0.226 e. The number of amides is 1. The summed E-state index contributed by atoms with van der Waals surface area (Å²) >= 11 is 1.75. The highest BCUT2D eigenvalue weighted by Gasteiger charge is 2.57. The average molecular weight is 305 g/mol. The van der Waals surface area contributed by atoms with Crippen LogP contribution in [0.1, 0.15) is 37.0 Å². The molecule has 1 amide bonds. The van der Waals surface area contributed by atoms with E-state index in [0.29, 0.717) is 23.7 Å². The van der Waals surface area contributed by atoms with Crippen molar-refractivity contribution in [2.45, 2.75) is 44.8 Å². The van der Waals surface area contributed by atoms with Gasteiger partial charge in [-0.05, 0) is 49.0 Å². The molecule has 1 aromatic rings. The van der Waals surface area contributed by atoms with Crippen LogP contribution in [0.4, 0.5) is 0 Å². The lowest BCUT2D eigenvalue weighted by Gasteiger charge is -2.26. The summed E-state index contributed by atoms with van der Waals surface area (Å²) in [7, 11) is 0. The first-order chi connectivity index (χ1) is 10.3. The third-order valence-electron chi connectivity index (χ3n) is 5.38. The van der Waals surface area contributed by atoms with E-state index >= 15 is 0 Å². The normalized spacial score (nSPS) is 33.9. The topological polar surface area (TPSA) is 29.5 Å². The molecule has 4 rings (SSSR count). The largest absolute Gasteiger partial charge is 0.376 e. The Morgan fingerprint density at radius 2 is 2.14 bits per heavy atom. The molecule has 3 fully saturated rings. The molecule has 2 aliphatic carbocycles. The molecule has 1 aromatic heterocycles. The van der Waals surface area contributed by atoms with Gasteiger partial charge in [-0.15, -0.1) is 11.3 Å². The number of carbonyl (C=O) groups is 1. The van der Waals surface area contributed by atoms with Gasteiger partial charge in [0.05, 0.1) is 12.6 Å². The highest BCUT2D eigenvalue weighted by Crippen LogP contribution is 2.58. The summed E-state index contributed by atoms with van der Waals surface area (Å²) in [5.74, 6) is 2.13. The number of nitrogens with zero attached hydrogens (tertiary/aromatic N) is 1. The highest BCUT2D eigenvalue weighted by molar-refractivity contribution is 7.09. The fourth-order valence-electron chi connectivity index (χ4n) is 4.26. The maximum absolute atomic E-state index is 12.9. The fourth-order valence-corrected chi connectivity index (χ4v) is 4.98. The van der Waals surface area contributed by atoms with Crippen molar-refractivity contribution in [1.82, 2.24) is 4.90 Å². The van der Waals surface area contributed by atoms with Gasteiger partial charge in [0.25, 0.3) is 0 Å². The number of thiophene rings is 1. The summed E-state index contributed by atoms with van der Waals surface area (Å²) < 4.78 is 5.76. The number of ether oxygens (including phenoxy) is 1. The zero-order valence-corrected chi connectivity index (χ0v) is 13.2. The third kappa shape index (κ3) is 2.76. The molecule has 21 heavy (non-hydrogen) atoms. The molecule has 0 radical (unpaired) electrons. The molecular weight excluding hydrogens is 282 g/mol. The highest BCUT2D eigenvalue weighted by atomic mass is 32.1. The van der Waals surface area contributed by atoms with Crippen LogP contribution in [0.15, 0.2) is 17.5 Å². The van der Waals surface area contributed by atoms with Crippen molar-refractivity contribution >= 4 is 17.2 Å². The molecule has 3 atom stereocenters. The van der Waals surface area contributed by atoms with Crippen LogP contribution in [-0.4, -0.2) is 30.1 Å². The van der Waals surface area contributed by atoms with Gasteiger partial charge in [0, 0.05) is 23.9 Å². The van der Waals surface area contributed by atoms with Gasteiger partial charge in [-0.2, -0.15) is 0 Å². The van der Waals surface area contributed by atoms with Crippen LogP contribution in [0, 0.1) is 17.8 Å². The molecule has 1 saturated heterocycles. The van der Waals surface area contributed by atoms with Gasteiger partial charge in [-0.25, -0.2) is 0 Å². The zero-order valence-electron chi connectivity index (χ0n) is 12.4. The van der Waals surface area contributed by atoms with E-state index in [9.17, 15) is 4.79 Å². The monoisotopic (exact) mass is 305 g/mol. The predicted molar refractivity (Wildman–Crippen MR) is 83.0 cm³/mol. The first kappa shape index (κ1) is 13.8.